The summed E-state index contributed by atoms with van der Waals surface area (Å²) in [4.78, 5) is 28.4. The molecule has 29 heavy (non-hydrogen) atoms. The van der Waals surface area contributed by atoms with Crippen molar-refractivity contribution in [2.24, 2.45) is 0 Å². The fourth-order valence-corrected chi connectivity index (χ4v) is 3.79. The fourth-order valence-electron chi connectivity index (χ4n) is 3.79. The van der Waals surface area contributed by atoms with Gasteiger partial charge in [0.1, 0.15) is 6.61 Å². The predicted molar refractivity (Wildman–Crippen MR) is 109 cm³/mol. The summed E-state index contributed by atoms with van der Waals surface area (Å²) in [6.45, 7) is 2.32. The Kier molecular flexibility index (Phi) is 5.25. The fraction of sp³-hybridized carbons (Fsp3) is 0.304. The standard InChI is InChI=1S/C23H24N2O4/c1-16(26)25-12-11-17-7-3-4-8-19(17)20(25)13-23(27)24(2)14-18-15-28-21-9-5-6-10-22(21)29-18/h3-12,18,20H,13-15H2,1-2H3/t18-,20-/m1/s1. The molecule has 0 radical (unpaired) electrons. The number of fused-ring (bicyclic) bond motifs is 2. The second-order valence-corrected chi connectivity index (χ2v) is 7.36. The van der Waals surface area contributed by atoms with Crippen molar-refractivity contribution < 1.29 is 19.1 Å². The molecule has 0 unspecified atom stereocenters. The quantitative estimate of drug-likeness (QED) is 0.802. The lowest BCUT2D eigenvalue weighted by atomic mass is 9.93. The van der Waals surface area contributed by atoms with E-state index in [2.05, 4.69) is 0 Å². The van der Waals surface area contributed by atoms with E-state index in [0.717, 1.165) is 16.9 Å². The molecule has 2 aromatic carbocycles. The van der Waals surface area contributed by atoms with E-state index in [-0.39, 0.29) is 30.4 Å². The van der Waals surface area contributed by atoms with Gasteiger partial charge >= 0.3 is 0 Å². The van der Waals surface area contributed by atoms with Gasteiger partial charge in [0, 0.05) is 20.2 Å². The molecule has 0 bridgehead atoms. The molecule has 0 N–H and O–H groups in total. The molecule has 0 saturated carbocycles. The molecular formula is C23H24N2O4. The Balaban J connectivity index is 1.44. The number of rotatable bonds is 4. The van der Waals surface area contributed by atoms with Crippen LogP contribution in [-0.4, -0.2) is 47.9 Å². The third kappa shape index (κ3) is 3.97. The molecule has 0 fully saturated rings. The Bertz CT molecular complexity index is 955. The second kappa shape index (κ2) is 7.99. The normalized spacial score (nSPS) is 19.4. The highest BCUT2D eigenvalue weighted by Crippen LogP contribution is 2.34. The summed E-state index contributed by atoms with van der Waals surface area (Å²) in [5.74, 6) is 1.28. The van der Waals surface area contributed by atoms with E-state index in [1.807, 2.05) is 54.6 Å². The maximum Gasteiger partial charge on any atom is 0.224 e. The van der Waals surface area contributed by atoms with Crippen LogP contribution < -0.4 is 9.47 Å². The van der Waals surface area contributed by atoms with Crippen LogP contribution in [0.3, 0.4) is 0 Å². The van der Waals surface area contributed by atoms with Crippen molar-refractivity contribution in [2.75, 3.05) is 20.2 Å². The molecule has 0 saturated heterocycles. The number of hydrogen-bond acceptors (Lipinski definition) is 4. The van der Waals surface area contributed by atoms with Gasteiger partial charge in [0.25, 0.3) is 0 Å². The van der Waals surface area contributed by atoms with Crippen molar-refractivity contribution in [3.8, 4) is 11.5 Å². The highest BCUT2D eigenvalue weighted by atomic mass is 16.6. The van der Waals surface area contributed by atoms with E-state index in [1.165, 1.54) is 6.92 Å². The van der Waals surface area contributed by atoms with Crippen LogP contribution >= 0.6 is 0 Å². The molecule has 0 spiro atoms. The second-order valence-electron chi connectivity index (χ2n) is 7.36. The summed E-state index contributed by atoms with van der Waals surface area (Å²) >= 11 is 0. The molecule has 2 heterocycles. The predicted octanol–water partition coefficient (Wildman–Crippen LogP) is 3.25. The monoisotopic (exact) mass is 392 g/mol. The average molecular weight is 392 g/mol. The zero-order chi connectivity index (χ0) is 20.4. The van der Waals surface area contributed by atoms with Gasteiger partial charge in [0.05, 0.1) is 19.0 Å². The van der Waals surface area contributed by atoms with Gasteiger partial charge in [0.15, 0.2) is 17.6 Å². The van der Waals surface area contributed by atoms with E-state index in [9.17, 15) is 9.59 Å². The van der Waals surface area contributed by atoms with Gasteiger partial charge in [-0.1, -0.05) is 36.4 Å². The zero-order valence-corrected chi connectivity index (χ0v) is 16.6. The van der Waals surface area contributed by atoms with E-state index in [4.69, 9.17) is 9.47 Å². The van der Waals surface area contributed by atoms with E-state index >= 15 is 0 Å². The topological polar surface area (TPSA) is 59.1 Å². The number of benzene rings is 2. The van der Waals surface area contributed by atoms with Gasteiger partial charge in [-0.2, -0.15) is 0 Å². The minimum atomic E-state index is -0.312. The van der Waals surface area contributed by atoms with Crippen LogP contribution in [0.15, 0.2) is 54.7 Å². The molecule has 0 aromatic heterocycles. The Morgan fingerprint density at radius 1 is 1.10 bits per heavy atom. The number of likely N-dealkylation sites (N-methyl/N-ethyl adjacent to an activating group) is 1. The van der Waals surface area contributed by atoms with E-state index < -0.39 is 0 Å². The van der Waals surface area contributed by atoms with Crippen molar-refractivity contribution >= 4 is 17.9 Å². The minimum Gasteiger partial charge on any atom is -0.486 e. The maximum atomic E-state index is 13.0. The van der Waals surface area contributed by atoms with Gasteiger partial charge in [-0.05, 0) is 29.3 Å². The van der Waals surface area contributed by atoms with Gasteiger partial charge in [-0.15, -0.1) is 0 Å². The Morgan fingerprint density at radius 2 is 1.83 bits per heavy atom. The number of para-hydroxylation sites is 2. The SMILES string of the molecule is CC(=O)N1C=Cc2ccccc2[C@H]1CC(=O)N(C)C[C@@H]1COc2ccccc2O1. The van der Waals surface area contributed by atoms with Crippen LogP contribution in [0.4, 0.5) is 0 Å². The number of carbonyl (C=O) groups excluding carboxylic acids is 2. The first-order valence-electron chi connectivity index (χ1n) is 9.71. The first-order chi connectivity index (χ1) is 14.0. The molecule has 2 aliphatic rings. The molecule has 2 atom stereocenters. The molecule has 6 nitrogen and oxygen atoms in total. The number of amides is 2. The van der Waals surface area contributed by atoms with Crippen LogP contribution in [0.5, 0.6) is 11.5 Å². The largest absolute Gasteiger partial charge is 0.486 e. The maximum absolute atomic E-state index is 13.0. The number of carbonyl (C=O) groups is 2. The summed E-state index contributed by atoms with van der Waals surface area (Å²) < 4.78 is 11.7. The molecule has 2 aliphatic heterocycles. The van der Waals surface area contributed by atoms with Crippen LogP contribution in [0.1, 0.15) is 30.5 Å². The Morgan fingerprint density at radius 3 is 2.62 bits per heavy atom. The Hall–Kier alpha value is -3.28. The van der Waals surface area contributed by atoms with Gasteiger partial charge < -0.3 is 19.3 Å². The van der Waals surface area contributed by atoms with E-state index in [1.54, 1.807) is 23.0 Å². The Labute approximate surface area is 170 Å². The lowest BCUT2D eigenvalue weighted by Gasteiger charge is -2.34. The first kappa shape index (κ1) is 19.1. The van der Waals surface area contributed by atoms with Crippen LogP contribution in [0.2, 0.25) is 0 Å². The van der Waals surface area contributed by atoms with Crippen LogP contribution in [0, 0.1) is 0 Å². The molecule has 6 heteroatoms. The third-order valence-corrected chi connectivity index (χ3v) is 5.31. The highest BCUT2D eigenvalue weighted by molar-refractivity contribution is 5.81. The highest BCUT2D eigenvalue weighted by Gasteiger charge is 2.30. The zero-order valence-electron chi connectivity index (χ0n) is 16.6. The number of hydrogen-bond donors (Lipinski definition) is 0. The lowest BCUT2D eigenvalue weighted by Crippen LogP contribution is -2.43. The number of ether oxygens (including phenoxy) is 2. The van der Waals surface area contributed by atoms with Crippen LogP contribution in [0.25, 0.3) is 6.08 Å². The molecule has 0 aliphatic carbocycles. The van der Waals surface area contributed by atoms with Crippen molar-refractivity contribution in [3.63, 3.8) is 0 Å². The molecule has 2 aromatic rings. The van der Waals surface area contributed by atoms with Gasteiger partial charge in [0.2, 0.25) is 11.8 Å². The van der Waals surface area contributed by atoms with Gasteiger partial charge in [-0.3, -0.25) is 9.59 Å². The summed E-state index contributed by atoms with van der Waals surface area (Å²) in [6, 6.07) is 15.1. The summed E-state index contributed by atoms with van der Waals surface area (Å²) in [5.41, 5.74) is 2.02. The summed E-state index contributed by atoms with van der Waals surface area (Å²) in [6.07, 6.45) is 3.65. The summed E-state index contributed by atoms with van der Waals surface area (Å²) in [5, 5.41) is 0. The molecule has 4 rings (SSSR count). The van der Waals surface area contributed by atoms with Crippen molar-refractivity contribution in [1.82, 2.24) is 9.80 Å². The summed E-state index contributed by atoms with van der Waals surface area (Å²) in [7, 11) is 1.76. The van der Waals surface area contributed by atoms with Gasteiger partial charge in [-0.25, -0.2) is 0 Å². The minimum absolute atomic E-state index is 0.0474. The average Bonchev–Trinajstić information content (AvgIpc) is 2.73. The molecule has 2 amide bonds. The van der Waals surface area contributed by atoms with Crippen molar-refractivity contribution in [2.45, 2.75) is 25.5 Å². The first-order valence-corrected chi connectivity index (χ1v) is 9.71. The number of nitrogens with zero attached hydrogens (tertiary/aromatic N) is 2. The smallest absolute Gasteiger partial charge is 0.224 e. The van der Waals surface area contributed by atoms with Crippen molar-refractivity contribution in [1.29, 1.82) is 0 Å². The van der Waals surface area contributed by atoms with Crippen molar-refractivity contribution in [3.05, 3.63) is 65.9 Å². The van der Waals surface area contributed by atoms with Crippen LogP contribution in [-0.2, 0) is 9.59 Å². The lowest BCUT2D eigenvalue weighted by molar-refractivity contribution is -0.134. The van der Waals surface area contributed by atoms with E-state index in [0.29, 0.717) is 18.9 Å². The molecule has 150 valence electrons. The third-order valence-electron chi connectivity index (χ3n) is 5.31. The molecular weight excluding hydrogens is 368 g/mol.